The van der Waals surface area contributed by atoms with Crippen molar-refractivity contribution in [1.29, 1.82) is 0 Å². The highest BCUT2D eigenvalue weighted by Gasteiger charge is 2.14. The molecule has 23 heavy (non-hydrogen) atoms. The minimum Gasteiger partial charge on any atom is -0.344 e. The van der Waals surface area contributed by atoms with Gasteiger partial charge < -0.3 is 9.88 Å². The predicted octanol–water partition coefficient (Wildman–Crippen LogP) is 2.41. The number of carbonyl (C=O) groups is 1. The van der Waals surface area contributed by atoms with Gasteiger partial charge in [0.1, 0.15) is 18.3 Å². The van der Waals surface area contributed by atoms with E-state index in [1.54, 1.807) is 11.0 Å². The number of rotatable bonds is 4. The van der Waals surface area contributed by atoms with Gasteiger partial charge in [0.05, 0.1) is 11.7 Å². The number of carbonyl (C=O) groups excluding carboxylic acids is 1. The second-order valence-electron chi connectivity index (χ2n) is 5.55. The lowest BCUT2D eigenvalue weighted by Crippen LogP contribution is -2.28. The van der Waals surface area contributed by atoms with Gasteiger partial charge in [0.15, 0.2) is 0 Å². The standard InChI is InChI=1S/C17H19N5O/c1-12-4-9-16(21(12)3)17(23)20-13(2)14-5-7-15(8-6-14)22-11-18-10-19-22/h4-11,13H,1-3H3,(H,20,23). The quantitative estimate of drug-likeness (QED) is 0.805. The molecule has 0 saturated heterocycles. The average molecular weight is 309 g/mol. The lowest BCUT2D eigenvalue weighted by atomic mass is 10.1. The summed E-state index contributed by atoms with van der Waals surface area (Å²) in [4.78, 5) is 16.3. The van der Waals surface area contributed by atoms with Crippen LogP contribution < -0.4 is 5.32 Å². The summed E-state index contributed by atoms with van der Waals surface area (Å²) >= 11 is 0. The van der Waals surface area contributed by atoms with Crippen molar-refractivity contribution in [3.05, 3.63) is 66.0 Å². The number of hydrogen-bond acceptors (Lipinski definition) is 3. The molecule has 2 heterocycles. The van der Waals surface area contributed by atoms with Crippen LogP contribution in [0.15, 0.2) is 49.1 Å². The van der Waals surface area contributed by atoms with E-state index in [-0.39, 0.29) is 11.9 Å². The van der Waals surface area contributed by atoms with Crippen LogP contribution in [0, 0.1) is 6.92 Å². The molecular formula is C17H19N5O. The van der Waals surface area contributed by atoms with Crippen LogP contribution in [-0.4, -0.2) is 25.2 Å². The van der Waals surface area contributed by atoms with Crippen LogP contribution in [0.3, 0.4) is 0 Å². The zero-order valence-electron chi connectivity index (χ0n) is 13.4. The molecule has 1 N–H and O–H groups in total. The van der Waals surface area contributed by atoms with Gasteiger partial charge in [-0.15, -0.1) is 0 Å². The van der Waals surface area contributed by atoms with E-state index in [1.807, 2.05) is 61.9 Å². The zero-order valence-corrected chi connectivity index (χ0v) is 13.4. The van der Waals surface area contributed by atoms with Crippen molar-refractivity contribution in [3.8, 4) is 5.69 Å². The van der Waals surface area contributed by atoms with Crippen molar-refractivity contribution in [2.24, 2.45) is 7.05 Å². The lowest BCUT2D eigenvalue weighted by molar-refractivity contribution is 0.0931. The van der Waals surface area contributed by atoms with Crippen molar-refractivity contribution in [2.45, 2.75) is 19.9 Å². The number of nitrogens with one attached hydrogen (secondary N) is 1. The maximum absolute atomic E-state index is 12.4. The highest BCUT2D eigenvalue weighted by molar-refractivity contribution is 5.93. The first-order valence-electron chi connectivity index (χ1n) is 7.44. The molecule has 3 rings (SSSR count). The lowest BCUT2D eigenvalue weighted by Gasteiger charge is -2.15. The van der Waals surface area contributed by atoms with Crippen molar-refractivity contribution in [2.75, 3.05) is 0 Å². The summed E-state index contributed by atoms with van der Waals surface area (Å²) in [5.74, 6) is -0.0755. The maximum Gasteiger partial charge on any atom is 0.268 e. The fraction of sp³-hybridized carbons (Fsp3) is 0.235. The van der Waals surface area contributed by atoms with Gasteiger partial charge in [0, 0.05) is 12.7 Å². The first kappa shape index (κ1) is 15.0. The number of aromatic nitrogens is 4. The van der Waals surface area contributed by atoms with Crippen LogP contribution in [0.2, 0.25) is 0 Å². The van der Waals surface area contributed by atoms with E-state index in [0.29, 0.717) is 5.69 Å². The van der Waals surface area contributed by atoms with Gasteiger partial charge in [0.2, 0.25) is 0 Å². The molecule has 1 atom stereocenters. The number of amides is 1. The predicted molar refractivity (Wildman–Crippen MR) is 87.4 cm³/mol. The molecule has 0 radical (unpaired) electrons. The summed E-state index contributed by atoms with van der Waals surface area (Å²) in [5, 5.41) is 7.12. The molecule has 0 fully saturated rings. The average Bonchev–Trinajstić information content (AvgIpc) is 3.19. The fourth-order valence-electron chi connectivity index (χ4n) is 2.45. The fourth-order valence-corrected chi connectivity index (χ4v) is 2.45. The molecule has 1 aromatic carbocycles. The monoisotopic (exact) mass is 309 g/mol. The van der Waals surface area contributed by atoms with Crippen LogP contribution in [0.5, 0.6) is 0 Å². The molecule has 3 aromatic rings. The van der Waals surface area contributed by atoms with E-state index in [2.05, 4.69) is 15.4 Å². The highest BCUT2D eigenvalue weighted by Crippen LogP contribution is 2.16. The summed E-state index contributed by atoms with van der Waals surface area (Å²) in [6.07, 6.45) is 3.15. The van der Waals surface area contributed by atoms with E-state index < -0.39 is 0 Å². The smallest absolute Gasteiger partial charge is 0.268 e. The molecule has 0 aliphatic heterocycles. The molecule has 1 amide bonds. The van der Waals surface area contributed by atoms with Gasteiger partial charge >= 0.3 is 0 Å². The van der Waals surface area contributed by atoms with E-state index in [0.717, 1.165) is 16.9 Å². The molecule has 0 spiro atoms. The largest absolute Gasteiger partial charge is 0.344 e. The summed E-state index contributed by atoms with van der Waals surface area (Å²) in [6.45, 7) is 3.95. The van der Waals surface area contributed by atoms with Crippen LogP contribution in [-0.2, 0) is 7.05 Å². The Morgan fingerprint density at radius 1 is 1.17 bits per heavy atom. The Kier molecular flexibility index (Phi) is 3.97. The zero-order chi connectivity index (χ0) is 16.4. The Labute approximate surface area is 134 Å². The van der Waals surface area contributed by atoms with E-state index >= 15 is 0 Å². The molecule has 6 heteroatoms. The number of nitrogens with zero attached hydrogens (tertiary/aromatic N) is 4. The van der Waals surface area contributed by atoms with Crippen LogP contribution in [0.4, 0.5) is 0 Å². The Morgan fingerprint density at radius 2 is 1.91 bits per heavy atom. The van der Waals surface area contributed by atoms with Crippen molar-refractivity contribution >= 4 is 5.91 Å². The normalized spacial score (nSPS) is 12.1. The van der Waals surface area contributed by atoms with E-state index in [4.69, 9.17) is 0 Å². The first-order chi connectivity index (χ1) is 11.1. The van der Waals surface area contributed by atoms with Gasteiger partial charge in [-0.05, 0) is 43.7 Å². The number of benzene rings is 1. The SMILES string of the molecule is Cc1ccc(C(=O)NC(C)c2ccc(-n3cncn3)cc2)n1C. The molecule has 0 bridgehead atoms. The Balaban J connectivity index is 1.72. The van der Waals surface area contributed by atoms with Gasteiger partial charge in [0.25, 0.3) is 5.91 Å². The van der Waals surface area contributed by atoms with Gasteiger partial charge in [-0.1, -0.05) is 12.1 Å². The third-order valence-corrected chi connectivity index (χ3v) is 4.03. The maximum atomic E-state index is 12.4. The van der Waals surface area contributed by atoms with Crippen molar-refractivity contribution in [1.82, 2.24) is 24.6 Å². The van der Waals surface area contributed by atoms with Crippen molar-refractivity contribution < 1.29 is 4.79 Å². The van der Waals surface area contributed by atoms with E-state index in [1.165, 1.54) is 6.33 Å². The minimum atomic E-state index is -0.0810. The number of aryl methyl sites for hydroxylation is 1. The van der Waals surface area contributed by atoms with Crippen LogP contribution >= 0.6 is 0 Å². The Hall–Kier alpha value is -2.89. The molecule has 6 nitrogen and oxygen atoms in total. The van der Waals surface area contributed by atoms with Crippen molar-refractivity contribution in [3.63, 3.8) is 0 Å². The molecule has 118 valence electrons. The summed E-state index contributed by atoms with van der Waals surface area (Å²) < 4.78 is 3.58. The molecule has 2 aromatic heterocycles. The van der Waals surface area contributed by atoms with Gasteiger partial charge in [-0.2, -0.15) is 5.10 Å². The molecule has 0 aliphatic rings. The molecule has 0 aliphatic carbocycles. The van der Waals surface area contributed by atoms with Crippen LogP contribution in [0.25, 0.3) is 5.69 Å². The van der Waals surface area contributed by atoms with Crippen LogP contribution in [0.1, 0.15) is 34.7 Å². The topological polar surface area (TPSA) is 64.7 Å². The summed E-state index contributed by atoms with van der Waals surface area (Å²) in [5.41, 5.74) is 3.68. The second-order valence-corrected chi connectivity index (χ2v) is 5.55. The molecule has 0 saturated carbocycles. The Bertz CT molecular complexity index is 802. The first-order valence-corrected chi connectivity index (χ1v) is 7.44. The molecular weight excluding hydrogens is 290 g/mol. The highest BCUT2D eigenvalue weighted by atomic mass is 16.2. The molecule has 1 unspecified atom stereocenters. The third-order valence-electron chi connectivity index (χ3n) is 4.03. The third kappa shape index (κ3) is 3.01. The van der Waals surface area contributed by atoms with Gasteiger partial charge in [-0.25, -0.2) is 9.67 Å². The summed E-state index contributed by atoms with van der Waals surface area (Å²) in [6, 6.07) is 11.6. The van der Waals surface area contributed by atoms with Gasteiger partial charge in [-0.3, -0.25) is 4.79 Å². The number of hydrogen-bond donors (Lipinski definition) is 1. The summed E-state index contributed by atoms with van der Waals surface area (Å²) in [7, 11) is 1.89. The Morgan fingerprint density at radius 3 is 2.48 bits per heavy atom. The minimum absolute atomic E-state index is 0.0755. The van der Waals surface area contributed by atoms with E-state index in [9.17, 15) is 4.79 Å². The second kappa shape index (κ2) is 6.08.